The van der Waals surface area contributed by atoms with E-state index in [0.717, 1.165) is 10.8 Å². The molecule has 5 aromatic rings. The number of nitrogens with zero attached hydrogens (tertiary/aromatic N) is 3. The number of pyridine rings is 1. The summed E-state index contributed by atoms with van der Waals surface area (Å²) >= 11 is 1.45. The maximum Gasteiger partial charge on any atom is 0.343 e. The Morgan fingerprint density at radius 3 is 2.67 bits per heavy atom. The number of aryl methyl sites for hydroxylation is 1. The Hall–Kier alpha value is -4.37. The lowest BCUT2D eigenvalue weighted by atomic mass is 10.1. The number of hydrogen-bond acceptors (Lipinski definition) is 7. The second-order valence-electron chi connectivity index (χ2n) is 7.97. The first-order chi connectivity index (χ1) is 17.5. The van der Waals surface area contributed by atoms with Crippen molar-refractivity contribution in [2.45, 2.75) is 20.1 Å². The first-order valence-corrected chi connectivity index (χ1v) is 12.2. The molecule has 3 aromatic heterocycles. The smallest absolute Gasteiger partial charge is 0.343 e. The second-order valence-corrected chi connectivity index (χ2v) is 8.75. The van der Waals surface area contributed by atoms with E-state index >= 15 is 0 Å². The topological polar surface area (TPSA) is 86.1 Å². The van der Waals surface area contributed by atoms with E-state index in [1.165, 1.54) is 40.3 Å². The van der Waals surface area contributed by atoms with Crippen molar-refractivity contribution in [3.8, 4) is 11.3 Å². The van der Waals surface area contributed by atoms with E-state index in [1.54, 1.807) is 12.4 Å². The van der Waals surface area contributed by atoms with Crippen molar-refractivity contribution in [2.75, 3.05) is 5.32 Å². The number of nitrogens with one attached hydrogen (secondary N) is 1. The maximum absolute atomic E-state index is 13.5. The number of hydrogen-bond donors (Lipinski definition) is 1. The van der Waals surface area contributed by atoms with Gasteiger partial charge >= 0.3 is 5.97 Å². The molecule has 0 fully saturated rings. The summed E-state index contributed by atoms with van der Waals surface area (Å²) in [6, 6.07) is 15.1. The fourth-order valence-corrected chi connectivity index (χ4v) is 4.49. The molecule has 0 aliphatic rings. The number of fused-ring (bicyclic) bond motifs is 1. The summed E-state index contributed by atoms with van der Waals surface area (Å²) in [6.45, 7) is 2.03. The molecule has 0 bridgehead atoms. The van der Waals surface area contributed by atoms with Crippen molar-refractivity contribution < 1.29 is 13.9 Å². The summed E-state index contributed by atoms with van der Waals surface area (Å²) in [6.07, 6.45) is 3.34. The van der Waals surface area contributed by atoms with Crippen LogP contribution < -0.4 is 10.9 Å². The lowest BCUT2D eigenvalue weighted by Gasteiger charge is -2.17. The van der Waals surface area contributed by atoms with Crippen LogP contribution in [0.15, 0.2) is 82.5 Å². The van der Waals surface area contributed by atoms with E-state index in [9.17, 15) is 14.0 Å². The summed E-state index contributed by atoms with van der Waals surface area (Å²) in [7, 11) is 0. The third-order valence-corrected chi connectivity index (χ3v) is 6.35. The van der Waals surface area contributed by atoms with Gasteiger partial charge in [0.05, 0.1) is 11.9 Å². The lowest BCUT2D eigenvalue weighted by molar-refractivity contribution is 0.0474. The molecule has 0 radical (unpaired) electrons. The monoisotopic (exact) mass is 500 g/mol. The minimum absolute atomic E-state index is 0.0261. The molecular formula is C27H21FN4O3S. The van der Waals surface area contributed by atoms with Crippen molar-refractivity contribution in [1.29, 1.82) is 0 Å². The van der Waals surface area contributed by atoms with Crippen molar-refractivity contribution >= 4 is 39.5 Å². The number of rotatable bonds is 7. The number of carbonyl (C=O) groups excluding carboxylic acids is 1. The maximum atomic E-state index is 13.5. The SMILES string of the molecule is CCn1nc(-c2ccsc2)c(C(=O)OCc2ccc(F)cc2)c(Nc2cncc3ccccc23)c1=O. The van der Waals surface area contributed by atoms with Crippen LogP contribution in [0.5, 0.6) is 0 Å². The fourth-order valence-electron chi connectivity index (χ4n) is 3.85. The van der Waals surface area contributed by atoms with Gasteiger partial charge < -0.3 is 10.1 Å². The van der Waals surface area contributed by atoms with Crippen LogP contribution in [0.3, 0.4) is 0 Å². The molecule has 0 amide bonds. The van der Waals surface area contributed by atoms with Crippen LogP contribution >= 0.6 is 11.3 Å². The van der Waals surface area contributed by atoms with Crippen LogP contribution in [0.25, 0.3) is 22.0 Å². The highest BCUT2D eigenvalue weighted by atomic mass is 32.1. The Bertz CT molecular complexity index is 1590. The van der Waals surface area contributed by atoms with Crippen LogP contribution in [0, 0.1) is 5.82 Å². The summed E-state index contributed by atoms with van der Waals surface area (Å²) in [5.41, 5.74) is 1.83. The zero-order valence-corrected chi connectivity index (χ0v) is 20.1. The third-order valence-electron chi connectivity index (χ3n) is 5.67. The van der Waals surface area contributed by atoms with Crippen LogP contribution in [0.4, 0.5) is 15.8 Å². The third kappa shape index (κ3) is 4.60. The molecule has 7 nitrogen and oxygen atoms in total. The normalized spacial score (nSPS) is 10.9. The number of ether oxygens (including phenoxy) is 1. The second kappa shape index (κ2) is 10.1. The van der Waals surface area contributed by atoms with Crippen LogP contribution in [0.2, 0.25) is 0 Å². The highest BCUT2D eigenvalue weighted by Gasteiger charge is 2.26. The van der Waals surface area contributed by atoms with Crippen LogP contribution in [-0.4, -0.2) is 20.7 Å². The van der Waals surface area contributed by atoms with Gasteiger partial charge in [0.25, 0.3) is 5.56 Å². The molecule has 36 heavy (non-hydrogen) atoms. The van der Waals surface area contributed by atoms with Gasteiger partial charge in [0, 0.05) is 34.5 Å². The van der Waals surface area contributed by atoms with E-state index < -0.39 is 11.5 Å². The zero-order valence-electron chi connectivity index (χ0n) is 19.3. The molecule has 2 aromatic carbocycles. The van der Waals surface area contributed by atoms with Gasteiger partial charge in [0.1, 0.15) is 29.4 Å². The molecule has 180 valence electrons. The molecule has 0 saturated carbocycles. The molecule has 1 N–H and O–H groups in total. The van der Waals surface area contributed by atoms with E-state index in [4.69, 9.17) is 4.74 Å². The van der Waals surface area contributed by atoms with Crippen molar-refractivity contribution in [1.82, 2.24) is 14.8 Å². The zero-order chi connectivity index (χ0) is 25.1. The molecule has 0 unspecified atom stereocenters. The number of benzene rings is 2. The van der Waals surface area contributed by atoms with E-state index in [-0.39, 0.29) is 23.7 Å². The van der Waals surface area contributed by atoms with Gasteiger partial charge in [-0.3, -0.25) is 9.78 Å². The molecule has 0 saturated heterocycles. The molecule has 0 atom stereocenters. The van der Waals surface area contributed by atoms with Gasteiger partial charge in [0.2, 0.25) is 0 Å². The lowest BCUT2D eigenvalue weighted by Crippen LogP contribution is -2.29. The van der Waals surface area contributed by atoms with Gasteiger partial charge in [-0.15, -0.1) is 0 Å². The Labute approximate surface area is 209 Å². The number of anilines is 2. The minimum Gasteiger partial charge on any atom is -0.457 e. The number of carbonyl (C=O) groups is 1. The van der Waals surface area contributed by atoms with Gasteiger partial charge in [-0.1, -0.05) is 36.4 Å². The predicted octanol–water partition coefficient (Wildman–Crippen LogP) is 5.78. The molecule has 0 aliphatic carbocycles. The number of halogens is 1. The molecule has 3 heterocycles. The quantitative estimate of drug-likeness (QED) is 0.285. The first kappa shape index (κ1) is 23.4. The van der Waals surface area contributed by atoms with Crippen molar-refractivity contribution in [3.63, 3.8) is 0 Å². The standard InChI is InChI=1S/C27H21FN4O3S/c1-2-32-26(33)25(30-22-14-29-13-18-5-3-4-6-21(18)22)23(24(31-32)19-11-12-36-16-19)27(34)35-15-17-7-9-20(28)10-8-17/h3-14,16,30H,2,15H2,1H3. The summed E-state index contributed by atoms with van der Waals surface area (Å²) in [5, 5.41) is 13.1. The average molecular weight is 501 g/mol. The molecule has 0 spiro atoms. The Kier molecular flexibility index (Phi) is 6.55. The Balaban J connectivity index is 1.64. The minimum atomic E-state index is -0.718. The van der Waals surface area contributed by atoms with Gasteiger partial charge in [0.15, 0.2) is 0 Å². The molecule has 0 aliphatic heterocycles. The van der Waals surface area contributed by atoms with Crippen LogP contribution in [-0.2, 0) is 17.9 Å². The van der Waals surface area contributed by atoms with E-state index in [2.05, 4.69) is 15.4 Å². The molecule has 9 heteroatoms. The average Bonchev–Trinajstić information content (AvgIpc) is 3.44. The molecular weight excluding hydrogens is 479 g/mol. The summed E-state index contributed by atoms with van der Waals surface area (Å²) < 4.78 is 20.2. The van der Waals surface area contributed by atoms with Crippen molar-refractivity contribution in [3.05, 3.63) is 105 Å². The predicted molar refractivity (Wildman–Crippen MR) is 138 cm³/mol. The highest BCUT2D eigenvalue weighted by Crippen LogP contribution is 2.31. The highest BCUT2D eigenvalue weighted by molar-refractivity contribution is 7.08. The number of esters is 1. The summed E-state index contributed by atoms with van der Waals surface area (Å²) in [5.74, 6) is -1.10. The Morgan fingerprint density at radius 2 is 1.92 bits per heavy atom. The summed E-state index contributed by atoms with van der Waals surface area (Å²) in [4.78, 5) is 31.2. The first-order valence-electron chi connectivity index (χ1n) is 11.2. The Morgan fingerprint density at radius 1 is 1.11 bits per heavy atom. The number of thiophene rings is 1. The van der Waals surface area contributed by atoms with E-state index in [0.29, 0.717) is 29.1 Å². The van der Waals surface area contributed by atoms with Gasteiger partial charge in [-0.25, -0.2) is 13.9 Å². The largest absolute Gasteiger partial charge is 0.457 e. The van der Waals surface area contributed by atoms with Crippen molar-refractivity contribution in [2.24, 2.45) is 0 Å². The molecule has 5 rings (SSSR count). The number of aromatic nitrogens is 3. The van der Waals surface area contributed by atoms with E-state index in [1.807, 2.05) is 48.0 Å². The van der Waals surface area contributed by atoms with Crippen LogP contribution in [0.1, 0.15) is 22.8 Å². The fraction of sp³-hybridized carbons (Fsp3) is 0.111. The van der Waals surface area contributed by atoms with Gasteiger partial charge in [-0.2, -0.15) is 16.4 Å². The van der Waals surface area contributed by atoms with Gasteiger partial charge in [-0.05, 0) is 36.1 Å².